The van der Waals surface area contributed by atoms with Crippen LogP contribution in [-0.2, 0) is 9.53 Å². The largest absolute Gasteiger partial charge is 0.452 e. The smallest absolute Gasteiger partial charge is 0.338 e. The average molecular weight is 378 g/mol. The van der Waals surface area contributed by atoms with Gasteiger partial charge in [-0.05, 0) is 43.0 Å². The first kappa shape index (κ1) is 19.4. The van der Waals surface area contributed by atoms with E-state index in [1.165, 1.54) is 36.0 Å². The van der Waals surface area contributed by atoms with Gasteiger partial charge in [-0.3, -0.25) is 14.9 Å². The molecule has 0 saturated carbocycles. The van der Waals surface area contributed by atoms with E-state index in [4.69, 9.17) is 4.74 Å². The number of nitrogens with zero attached hydrogens (tertiary/aromatic N) is 1. The molecular weight excluding hydrogens is 363 g/mol. The van der Waals surface area contributed by atoms with Gasteiger partial charge in [0.15, 0.2) is 6.61 Å². The summed E-state index contributed by atoms with van der Waals surface area (Å²) in [4.78, 5) is 34.6. The van der Waals surface area contributed by atoms with Gasteiger partial charge in [-0.15, -0.1) is 11.8 Å². The van der Waals surface area contributed by atoms with E-state index in [-0.39, 0.29) is 16.9 Å². The Labute approximate surface area is 152 Å². The van der Waals surface area contributed by atoms with Gasteiger partial charge in [0.25, 0.3) is 11.6 Å². The number of halogens is 1. The molecule has 0 aliphatic carbocycles. The predicted molar refractivity (Wildman–Crippen MR) is 94.9 cm³/mol. The Morgan fingerprint density at radius 3 is 2.62 bits per heavy atom. The third-order valence-corrected chi connectivity index (χ3v) is 4.19. The molecular formula is C17H15FN2O5S. The van der Waals surface area contributed by atoms with E-state index in [0.29, 0.717) is 10.5 Å². The highest BCUT2D eigenvalue weighted by Gasteiger charge is 2.18. The van der Waals surface area contributed by atoms with E-state index in [1.807, 2.05) is 0 Å². The summed E-state index contributed by atoms with van der Waals surface area (Å²) >= 11 is 1.18. The number of carbonyl (C=O) groups is 2. The van der Waals surface area contributed by atoms with Crippen LogP contribution >= 0.6 is 11.8 Å². The second kappa shape index (κ2) is 8.43. The van der Waals surface area contributed by atoms with Crippen LogP contribution in [0, 0.1) is 22.9 Å². The minimum absolute atomic E-state index is 0.0383. The highest BCUT2D eigenvalue weighted by atomic mass is 32.2. The Morgan fingerprint density at radius 2 is 2.00 bits per heavy atom. The molecule has 0 saturated heterocycles. The zero-order valence-corrected chi connectivity index (χ0v) is 14.8. The molecule has 2 rings (SSSR count). The molecule has 2 aromatic rings. The van der Waals surface area contributed by atoms with E-state index in [9.17, 15) is 24.1 Å². The molecule has 9 heteroatoms. The van der Waals surface area contributed by atoms with Crippen LogP contribution in [0.4, 0.5) is 15.8 Å². The van der Waals surface area contributed by atoms with Gasteiger partial charge in [0, 0.05) is 11.8 Å². The number of thioether (sulfide) groups is 1. The topological polar surface area (TPSA) is 98.5 Å². The number of amides is 1. The van der Waals surface area contributed by atoms with Crippen molar-refractivity contribution in [1.29, 1.82) is 0 Å². The minimum atomic E-state index is -0.869. The number of rotatable bonds is 6. The van der Waals surface area contributed by atoms with Gasteiger partial charge in [0.2, 0.25) is 0 Å². The summed E-state index contributed by atoms with van der Waals surface area (Å²) in [5.74, 6) is -2.00. The Morgan fingerprint density at radius 1 is 1.27 bits per heavy atom. The lowest BCUT2D eigenvalue weighted by Gasteiger charge is -2.08. The molecule has 0 unspecified atom stereocenters. The fourth-order valence-corrected chi connectivity index (χ4v) is 2.59. The van der Waals surface area contributed by atoms with Crippen LogP contribution in [0.15, 0.2) is 41.3 Å². The van der Waals surface area contributed by atoms with Crippen LogP contribution in [0.1, 0.15) is 15.9 Å². The van der Waals surface area contributed by atoms with E-state index in [0.717, 1.165) is 12.1 Å². The normalized spacial score (nSPS) is 10.3. The lowest BCUT2D eigenvalue weighted by Crippen LogP contribution is -2.21. The molecule has 0 fully saturated rings. The van der Waals surface area contributed by atoms with Crippen molar-refractivity contribution in [2.24, 2.45) is 0 Å². The molecule has 0 aromatic heterocycles. The van der Waals surface area contributed by atoms with Gasteiger partial charge in [-0.1, -0.05) is 6.07 Å². The molecule has 0 bridgehead atoms. The second-order valence-corrected chi connectivity index (χ2v) is 6.08. The lowest BCUT2D eigenvalue weighted by atomic mass is 10.2. The molecule has 0 aliphatic rings. The van der Waals surface area contributed by atoms with Crippen molar-refractivity contribution in [2.75, 3.05) is 18.2 Å². The molecule has 2 aromatic carbocycles. The molecule has 0 atom stereocenters. The minimum Gasteiger partial charge on any atom is -0.452 e. The quantitative estimate of drug-likeness (QED) is 0.357. The summed E-state index contributed by atoms with van der Waals surface area (Å²) in [7, 11) is 0. The monoisotopic (exact) mass is 378 g/mol. The number of anilines is 1. The van der Waals surface area contributed by atoms with E-state index in [1.54, 1.807) is 13.2 Å². The number of hydrogen-bond acceptors (Lipinski definition) is 6. The molecule has 1 amide bonds. The lowest BCUT2D eigenvalue weighted by molar-refractivity contribution is -0.387. The summed E-state index contributed by atoms with van der Waals surface area (Å²) in [5.41, 5.74) is 0.411. The fourth-order valence-electron chi connectivity index (χ4n) is 2.04. The predicted octanol–water partition coefficient (Wildman–Crippen LogP) is 3.56. The van der Waals surface area contributed by atoms with Gasteiger partial charge >= 0.3 is 5.97 Å². The highest BCUT2D eigenvalue weighted by Crippen LogP contribution is 2.28. The first-order valence-electron chi connectivity index (χ1n) is 7.37. The van der Waals surface area contributed by atoms with Crippen molar-refractivity contribution in [1.82, 2.24) is 0 Å². The standard InChI is InChI=1S/C17H15FN2O5S/c1-10-3-5-12(8-13(10)18)19-16(21)9-25-17(22)11-4-6-15(26-2)14(7-11)20(23)24/h3-8H,9H2,1-2H3,(H,19,21). The number of nitrogens with one attached hydrogen (secondary N) is 1. The number of esters is 1. The molecule has 136 valence electrons. The molecule has 26 heavy (non-hydrogen) atoms. The maximum absolute atomic E-state index is 13.4. The Hall–Kier alpha value is -2.94. The van der Waals surface area contributed by atoms with Gasteiger partial charge < -0.3 is 10.1 Å². The fraction of sp³-hybridized carbons (Fsp3) is 0.176. The zero-order valence-electron chi connectivity index (χ0n) is 13.9. The average Bonchev–Trinajstić information content (AvgIpc) is 2.62. The SMILES string of the molecule is CSc1ccc(C(=O)OCC(=O)Nc2ccc(C)c(F)c2)cc1[N+](=O)[O-]. The van der Waals surface area contributed by atoms with Crippen LogP contribution < -0.4 is 5.32 Å². The van der Waals surface area contributed by atoms with Crippen molar-refractivity contribution in [3.63, 3.8) is 0 Å². The van der Waals surface area contributed by atoms with Crippen LogP contribution in [-0.4, -0.2) is 29.7 Å². The Bertz CT molecular complexity index is 872. The van der Waals surface area contributed by atoms with Crippen molar-refractivity contribution in [3.8, 4) is 0 Å². The Balaban J connectivity index is 1.99. The summed E-state index contributed by atoms with van der Waals surface area (Å²) in [6.07, 6.45) is 1.68. The van der Waals surface area contributed by atoms with Crippen LogP contribution in [0.5, 0.6) is 0 Å². The number of nitro benzene ring substituents is 1. The summed E-state index contributed by atoms with van der Waals surface area (Å²) in [6, 6.07) is 8.09. The molecule has 7 nitrogen and oxygen atoms in total. The van der Waals surface area contributed by atoms with Crippen molar-refractivity contribution in [2.45, 2.75) is 11.8 Å². The molecule has 0 radical (unpaired) electrons. The molecule has 0 aliphatic heterocycles. The van der Waals surface area contributed by atoms with Crippen LogP contribution in [0.3, 0.4) is 0 Å². The van der Waals surface area contributed by atoms with E-state index >= 15 is 0 Å². The summed E-state index contributed by atoms with van der Waals surface area (Å²) < 4.78 is 18.3. The first-order chi connectivity index (χ1) is 12.3. The number of ether oxygens (including phenoxy) is 1. The number of aryl methyl sites for hydroxylation is 1. The van der Waals surface area contributed by atoms with Crippen molar-refractivity contribution < 1.29 is 23.6 Å². The third-order valence-electron chi connectivity index (χ3n) is 3.40. The number of nitro groups is 1. The number of carbonyl (C=O) groups excluding carboxylic acids is 2. The van der Waals surface area contributed by atoms with Crippen molar-refractivity contribution in [3.05, 3.63) is 63.5 Å². The maximum atomic E-state index is 13.4. The summed E-state index contributed by atoms with van der Waals surface area (Å²) in [5, 5.41) is 13.4. The van der Waals surface area contributed by atoms with Gasteiger partial charge in [0.1, 0.15) is 5.82 Å². The molecule has 0 heterocycles. The van der Waals surface area contributed by atoms with Crippen LogP contribution in [0.2, 0.25) is 0 Å². The van der Waals surface area contributed by atoms with E-state index in [2.05, 4.69) is 5.32 Å². The summed E-state index contributed by atoms with van der Waals surface area (Å²) in [6.45, 7) is 0.983. The van der Waals surface area contributed by atoms with Gasteiger partial charge in [0.05, 0.1) is 15.4 Å². The third kappa shape index (κ3) is 4.79. The zero-order chi connectivity index (χ0) is 19.3. The maximum Gasteiger partial charge on any atom is 0.338 e. The second-order valence-electron chi connectivity index (χ2n) is 5.23. The number of benzene rings is 2. The molecule has 1 N–H and O–H groups in total. The van der Waals surface area contributed by atoms with Gasteiger partial charge in [-0.2, -0.15) is 0 Å². The Kier molecular flexibility index (Phi) is 6.29. The van der Waals surface area contributed by atoms with Gasteiger partial charge in [-0.25, -0.2) is 9.18 Å². The number of hydrogen-bond donors (Lipinski definition) is 1. The van der Waals surface area contributed by atoms with E-state index < -0.39 is 29.2 Å². The first-order valence-corrected chi connectivity index (χ1v) is 8.60. The van der Waals surface area contributed by atoms with Crippen molar-refractivity contribution >= 4 is 35.0 Å². The highest BCUT2D eigenvalue weighted by molar-refractivity contribution is 7.98. The molecule has 0 spiro atoms. The van der Waals surface area contributed by atoms with Crippen LogP contribution in [0.25, 0.3) is 0 Å².